The third-order valence-electron chi connectivity index (χ3n) is 5.08. The van der Waals surface area contributed by atoms with E-state index in [1.54, 1.807) is 11.8 Å². The number of rotatable bonds is 3. The number of hydrogen-bond acceptors (Lipinski definition) is 3. The highest BCUT2D eigenvalue weighted by molar-refractivity contribution is 5.91. The van der Waals surface area contributed by atoms with Gasteiger partial charge in [0.25, 0.3) is 0 Å². The molecule has 0 unspecified atom stereocenters. The van der Waals surface area contributed by atoms with E-state index in [1.165, 1.54) is 0 Å². The molecule has 1 amide bonds. The standard InChI is InChI=1S/C17H17NO4/c1-16-7-8-17(22-16)10-18(9-11-5-3-2-4-6-11)14(19)12(17)13(16)15(20)21/h2-8,12-13H,9-10H2,1H3,(H,20,21)/t12-,13+,16-,17+/m1/s1. The molecule has 0 aromatic heterocycles. The first-order chi connectivity index (χ1) is 10.5. The lowest BCUT2D eigenvalue weighted by Crippen LogP contribution is -2.43. The van der Waals surface area contributed by atoms with Crippen molar-refractivity contribution in [3.05, 3.63) is 48.0 Å². The molecule has 1 N–H and O–H groups in total. The van der Waals surface area contributed by atoms with Crippen LogP contribution in [-0.4, -0.2) is 39.6 Å². The van der Waals surface area contributed by atoms with E-state index in [0.29, 0.717) is 13.1 Å². The van der Waals surface area contributed by atoms with Crippen LogP contribution in [-0.2, 0) is 20.9 Å². The van der Waals surface area contributed by atoms with Gasteiger partial charge in [0.1, 0.15) is 11.5 Å². The average Bonchev–Trinajstić information content (AvgIpc) is 3.03. The second kappa shape index (κ2) is 4.20. The first kappa shape index (κ1) is 13.5. The van der Waals surface area contributed by atoms with Crippen LogP contribution in [0.5, 0.6) is 0 Å². The van der Waals surface area contributed by atoms with Crippen LogP contribution in [0.1, 0.15) is 12.5 Å². The summed E-state index contributed by atoms with van der Waals surface area (Å²) in [4.78, 5) is 26.2. The molecular formula is C17H17NO4. The molecule has 3 heterocycles. The number of likely N-dealkylation sites (tertiary alicyclic amines) is 1. The Labute approximate surface area is 128 Å². The largest absolute Gasteiger partial charge is 0.481 e. The van der Waals surface area contributed by atoms with Crippen molar-refractivity contribution in [3.63, 3.8) is 0 Å². The highest BCUT2D eigenvalue weighted by Gasteiger charge is 2.71. The zero-order valence-electron chi connectivity index (χ0n) is 12.2. The molecule has 3 aliphatic heterocycles. The fourth-order valence-electron chi connectivity index (χ4n) is 4.16. The predicted octanol–water partition coefficient (Wildman–Crippen LogP) is 1.44. The number of fused-ring (bicyclic) bond motifs is 1. The zero-order chi connectivity index (χ0) is 15.5. The molecule has 2 saturated heterocycles. The van der Waals surface area contributed by atoms with Crippen molar-refractivity contribution in [2.75, 3.05) is 6.54 Å². The van der Waals surface area contributed by atoms with Crippen molar-refractivity contribution < 1.29 is 19.4 Å². The number of nitrogens with zero attached hydrogens (tertiary/aromatic N) is 1. The molecule has 4 atom stereocenters. The number of amides is 1. The molecule has 0 saturated carbocycles. The molecular weight excluding hydrogens is 282 g/mol. The van der Waals surface area contributed by atoms with Crippen molar-refractivity contribution in [2.45, 2.75) is 24.7 Å². The summed E-state index contributed by atoms with van der Waals surface area (Å²) < 4.78 is 6.03. The minimum absolute atomic E-state index is 0.121. The van der Waals surface area contributed by atoms with Gasteiger partial charge < -0.3 is 14.7 Å². The van der Waals surface area contributed by atoms with Gasteiger partial charge in [0.15, 0.2) is 0 Å². The lowest BCUT2D eigenvalue weighted by atomic mass is 9.72. The molecule has 2 fully saturated rings. The van der Waals surface area contributed by atoms with Crippen molar-refractivity contribution in [1.82, 2.24) is 4.90 Å². The first-order valence-corrected chi connectivity index (χ1v) is 7.41. The van der Waals surface area contributed by atoms with Crippen LogP contribution >= 0.6 is 0 Å². The number of carboxylic acid groups (broad SMARTS) is 1. The maximum absolute atomic E-state index is 12.8. The van der Waals surface area contributed by atoms with Crippen LogP contribution in [0.15, 0.2) is 42.5 Å². The maximum Gasteiger partial charge on any atom is 0.310 e. The van der Waals surface area contributed by atoms with Gasteiger partial charge >= 0.3 is 5.97 Å². The van der Waals surface area contributed by atoms with E-state index in [0.717, 1.165) is 5.56 Å². The molecule has 114 valence electrons. The smallest absolute Gasteiger partial charge is 0.310 e. The summed E-state index contributed by atoms with van der Waals surface area (Å²) >= 11 is 0. The molecule has 4 rings (SSSR count). The summed E-state index contributed by atoms with van der Waals surface area (Å²) in [5.74, 6) is -2.52. The van der Waals surface area contributed by atoms with E-state index in [2.05, 4.69) is 0 Å². The van der Waals surface area contributed by atoms with Gasteiger partial charge in [-0.05, 0) is 12.5 Å². The third-order valence-corrected chi connectivity index (χ3v) is 5.08. The van der Waals surface area contributed by atoms with E-state index < -0.39 is 29.0 Å². The fourth-order valence-corrected chi connectivity index (χ4v) is 4.16. The normalized spacial score (nSPS) is 38.6. The molecule has 5 heteroatoms. The SMILES string of the molecule is C[C@@]12C=C[C@@]3(CN(Cc4ccccc4)C(=O)[C@H]3[C@H]1C(=O)O)O2. The van der Waals surface area contributed by atoms with Crippen molar-refractivity contribution in [2.24, 2.45) is 11.8 Å². The van der Waals surface area contributed by atoms with Crippen molar-refractivity contribution in [1.29, 1.82) is 0 Å². The van der Waals surface area contributed by atoms with E-state index in [1.807, 2.05) is 42.5 Å². The Balaban J connectivity index is 1.66. The molecule has 22 heavy (non-hydrogen) atoms. The number of carbonyl (C=O) groups is 2. The fraction of sp³-hybridized carbons (Fsp3) is 0.412. The number of hydrogen-bond donors (Lipinski definition) is 1. The summed E-state index contributed by atoms with van der Waals surface area (Å²) in [6.07, 6.45) is 3.70. The minimum Gasteiger partial charge on any atom is -0.481 e. The number of carbonyl (C=O) groups excluding carboxylic acids is 1. The maximum atomic E-state index is 12.8. The lowest BCUT2D eigenvalue weighted by molar-refractivity contribution is -0.151. The molecule has 0 aliphatic carbocycles. The molecule has 1 aromatic carbocycles. The molecule has 1 aromatic rings. The molecule has 2 bridgehead atoms. The van der Waals surface area contributed by atoms with Gasteiger partial charge in [-0.15, -0.1) is 0 Å². The zero-order valence-corrected chi connectivity index (χ0v) is 12.2. The Kier molecular flexibility index (Phi) is 2.58. The van der Waals surface area contributed by atoms with Gasteiger partial charge in [-0.3, -0.25) is 9.59 Å². The quantitative estimate of drug-likeness (QED) is 0.858. The Morgan fingerprint density at radius 2 is 2.09 bits per heavy atom. The predicted molar refractivity (Wildman–Crippen MR) is 77.8 cm³/mol. The van der Waals surface area contributed by atoms with Gasteiger partial charge in [0.2, 0.25) is 5.91 Å². The van der Waals surface area contributed by atoms with Crippen molar-refractivity contribution >= 4 is 11.9 Å². The van der Waals surface area contributed by atoms with E-state index >= 15 is 0 Å². The van der Waals surface area contributed by atoms with Crippen LogP contribution in [0.25, 0.3) is 0 Å². The Morgan fingerprint density at radius 1 is 1.36 bits per heavy atom. The number of aliphatic carboxylic acids is 1. The summed E-state index contributed by atoms with van der Waals surface area (Å²) in [6.45, 7) is 2.66. The lowest BCUT2D eigenvalue weighted by Gasteiger charge is -2.27. The Hall–Kier alpha value is -2.14. The minimum atomic E-state index is -0.964. The van der Waals surface area contributed by atoms with E-state index in [9.17, 15) is 14.7 Å². The van der Waals surface area contributed by atoms with Crippen LogP contribution in [0.2, 0.25) is 0 Å². The highest BCUT2D eigenvalue weighted by atomic mass is 16.5. The van der Waals surface area contributed by atoms with E-state index in [-0.39, 0.29) is 5.91 Å². The van der Waals surface area contributed by atoms with Crippen LogP contribution < -0.4 is 0 Å². The van der Waals surface area contributed by atoms with Gasteiger partial charge in [-0.25, -0.2) is 0 Å². The molecule has 0 radical (unpaired) electrons. The number of ether oxygens (including phenoxy) is 1. The Bertz CT molecular complexity index is 685. The summed E-state index contributed by atoms with van der Waals surface area (Å²) in [6, 6.07) is 9.71. The third kappa shape index (κ3) is 1.63. The van der Waals surface area contributed by atoms with Gasteiger partial charge in [-0.2, -0.15) is 0 Å². The molecule has 3 aliphatic rings. The second-order valence-electron chi connectivity index (χ2n) is 6.55. The monoisotopic (exact) mass is 299 g/mol. The number of benzene rings is 1. The summed E-state index contributed by atoms with van der Waals surface area (Å²) in [5.41, 5.74) is -0.613. The molecule has 1 spiro atoms. The van der Waals surface area contributed by atoms with Crippen LogP contribution in [0, 0.1) is 11.8 Å². The second-order valence-corrected chi connectivity index (χ2v) is 6.55. The first-order valence-electron chi connectivity index (χ1n) is 7.41. The van der Waals surface area contributed by atoms with Gasteiger partial charge in [-0.1, -0.05) is 42.5 Å². The topological polar surface area (TPSA) is 66.8 Å². The van der Waals surface area contributed by atoms with E-state index in [4.69, 9.17) is 4.74 Å². The average molecular weight is 299 g/mol. The number of carboxylic acids is 1. The van der Waals surface area contributed by atoms with Crippen LogP contribution in [0.4, 0.5) is 0 Å². The highest BCUT2D eigenvalue weighted by Crippen LogP contribution is 2.57. The van der Waals surface area contributed by atoms with Crippen molar-refractivity contribution in [3.8, 4) is 0 Å². The Morgan fingerprint density at radius 3 is 2.77 bits per heavy atom. The summed E-state index contributed by atoms with van der Waals surface area (Å²) in [5, 5.41) is 9.55. The van der Waals surface area contributed by atoms with Gasteiger partial charge in [0, 0.05) is 6.54 Å². The van der Waals surface area contributed by atoms with Gasteiger partial charge in [0.05, 0.1) is 18.1 Å². The van der Waals surface area contributed by atoms with Crippen LogP contribution in [0.3, 0.4) is 0 Å². The molecule has 5 nitrogen and oxygen atoms in total. The summed E-state index contributed by atoms with van der Waals surface area (Å²) in [7, 11) is 0.